The van der Waals surface area contributed by atoms with Crippen LogP contribution in [0.15, 0.2) is 30.0 Å². The zero-order valence-electron chi connectivity index (χ0n) is 56.3. The molecular weight excluding hydrogens is 1300 g/mol. The molecule has 43 nitrogen and oxygen atoms in total. The zero-order valence-corrected chi connectivity index (χ0v) is 56.3. The summed E-state index contributed by atoms with van der Waals surface area (Å²) < 4.78 is 0. The molecule has 0 aliphatic rings. The SMILES string of the molecule is NCCCC[C@H](NC(=O)[C@H](CCCN=C(N)N)NC(=O)[C@@H](CCCN=C(N)N)NC(=O)[C@H](CCC(N)=O)NC(=O)[C@H](CCCN=C(N)N)NC(=O)[C@H](CCCN=C(N)N)NC(=O)[C@@H](CCCN=C(N)N)NC(=O)CCN)C(=O)N[C@@H](CCCCN)C(=O)N[C@H](CCCN=C(N)N)C(=O)O. The van der Waals surface area contributed by atoms with Crippen LogP contribution in [-0.4, -0.2) is 219 Å². The highest BCUT2D eigenvalue weighted by Crippen LogP contribution is 2.13. The van der Waals surface area contributed by atoms with Gasteiger partial charge in [-0.25, -0.2) is 4.79 Å². The van der Waals surface area contributed by atoms with E-state index in [0.717, 1.165) is 0 Å². The molecule has 42 N–H and O–H groups in total. The number of rotatable bonds is 55. The topological polar surface area (TPSA) is 807 Å². The second-order valence-electron chi connectivity index (χ2n) is 22.8. The fourth-order valence-electron chi connectivity index (χ4n) is 9.28. The molecule has 0 aromatic rings. The number of carboxylic acids is 1. The fraction of sp³-hybridized carbons (Fsp3) is 0.696. The number of amides is 10. The van der Waals surface area contributed by atoms with Crippen LogP contribution in [0.3, 0.4) is 0 Å². The van der Waals surface area contributed by atoms with Crippen molar-refractivity contribution in [1.82, 2.24) is 47.9 Å². The molecule has 0 unspecified atom stereocenters. The van der Waals surface area contributed by atoms with Crippen molar-refractivity contribution in [3.8, 4) is 0 Å². The smallest absolute Gasteiger partial charge is 0.326 e. The number of hydrogen-bond donors (Lipinski definition) is 26. The predicted octanol–water partition coefficient (Wildman–Crippen LogP) is -11.4. The van der Waals surface area contributed by atoms with Crippen molar-refractivity contribution in [2.75, 3.05) is 58.9 Å². The third-order valence-electron chi connectivity index (χ3n) is 14.3. The van der Waals surface area contributed by atoms with Crippen LogP contribution in [0.4, 0.5) is 0 Å². The number of unbranched alkanes of at least 4 members (excludes halogenated alkanes) is 2. The van der Waals surface area contributed by atoms with Gasteiger partial charge in [0.1, 0.15) is 54.4 Å². The first-order chi connectivity index (χ1) is 46.8. The molecule has 0 aromatic carbocycles. The highest BCUT2D eigenvalue weighted by Gasteiger charge is 2.36. The Morgan fingerprint density at radius 1 is 0.253 bits per heavy atom. The maximum atomic E-state index is 14.7. The van der Waals surface area contributed by atoms with E-state index in [9.17, 15) is 57.8 Å². The Hall–Kier alpha value is -10.3. The van der Waals surface area contributed by atoms with E-state index in [4.69, 9.17) is 91.7 Å². The number of carbonyl (C=O) groups excluding carboxylic acids is 10. The predicted molar refractivity (Wildman–Crippen MR) is 372 cm³/mol. The van der Waals surface area contributed by atoms with E-state index < -0.39 is 132 Å². The summed E-state index contributed by atoms with van der Waals surface area (Å²) in [5.41, 5.74) is 88.8. The third-order valence-corrected chi connectivity index (χ3v) is 14.3. The molecule has 0 bridgehead atoms. The van der Waals surface area contributed by atoms with Gasteiger partial charge >= 0.3 is 5.97 Å². The van der Waals surface area contributed by atoms with Crippen LogP contribution >= 0.6 is 0 Å². The summed E-state index contributed by atoms with van der Waals surface area (Å²) >= 11 is 0. The van der Waals surface area contributed by atoms with Gasteiger partial charge in [-0.3, -0.25) is 77.9 Å². The number of aliphatic imine (C=N–C) groups is 6. The largest absolute Gasteiger partial charge is 0.480 e. The minimum absolute atomic E-state index is 0.000808. The summed E-state index contributed by atoms with van der Waals surface area (Å²) in [4.78, 5) is 176. The molecule has 0 heterocycles. The van der Waals surface area contributed by atoms with Gasteiger partial charge in [-0.1, -0.05) is 0 Å². The van der Waals surface area contributed by atoms with Crippen molar-refractivity contribution < 1.29 is 57.8 Å². The number of nitrogens with one attached hydrogen (secondary N) is 9. The standard InChI is InChI=1S/C56H111N31O12/c57-22-3-1-11-32(43(91)81-33(12-2-4-23-58)48(96)87-39(50(98)99)18-10-30-78-56(71)72)80-44(92)35(15-7-27-75-53(65)66)83-46(94)36(16-8-28-76-54(67)68)85-49(97)38(19-20-40(60)88)86-47(95)37(17-9-29-77-55(69)70)84-45(93)34(14-6-26-74-52(63)64)82-42(90)31(79-41(89)21-24-59)13-5-25-73-51(61)62/h31-39H,1-30,57-59H2,(H2,60,88)(H,79,89)(H,80,92)(H,81,91)(H,82,90)(H,83,94)(H,84,93)(H,85,97)(H,86,95)(H,87,96)(H,98,99)(H4,61,62,73)(H4,63,64,74)(H4,65,66,75)(H4,67,68,76)(H4,69,70,77)(H4,71,72,78)/t31-,32+,33+,34+,35+,36-,37+,38+,39-/m1/s1. The molecule has 0 saturated heterocycles. The van der Waals surface area contributed by atoms with Gasteiger partial charge in [-0.05, 0) is 135 Å². The van der Waals surface area contributed by atoms with E-state index >= 15 is 0 Å². The number of hydrogen-bond acceptors (Lipinski definition) is 20. The normalized spacial score (nSPS) is 13.4. The van der Waals surface area contributed by atoms with Crippen LogP contribution in [0.25, 0.3) is 0 Å². The first kappa shape index (κ1) is 88.7. The van der Waals surface area contributed by atoms with Gasteiger partial charge in [0.25, 0.3) is 0 Å². The fourth-order valence-corrected chi connectivity index (χ4v) is 9.28. The molecule has 0 rings (SSSR count). The molecule has 99 heavy (non-hydrogen) atoms. The summed E-state index contributed by atoms with van der Waals surface area (Å²) in [5, 5.41) is 33.2. The van der Waals surface area contributed by atoms with Crippen LogP contribution in [0, 0.1) is 0 Å². The Balaban J connectivity index is 7.62. The van der Waals surface area contributed by atoms with Crippen molar-refractivity contribution in [2.24, 2.45) is 122 Å². The molecule has 0 aliphatic carbocycles. The van der Waals surface area contributed by atoms with Crippen LogP contribution < -0.4 is 140 Å². The molecule has 9 atom stereocenters. The average Bonchev–Trinajstić information content (AvgIpc) is 0.946. The maximum absolute atomic E-state index is 14.7. The van der Waals surface area contributed by atoms with Crippen LogP contribution in [0.5, 0.6) is 0 Å². The maximum Gasteiger partial charge on any atom is 0.326 e. The zero-order chi connectivity index (χ0) is 74.8. The first-order valence-corrected chi connectivity index (χ1v) is 32.5. The number of nitrogens with zero attached hydrogens (tertiary/aromatic N) is 6. The van der Waals surface area contributed by atoms with Crippen LogP contribution in [-0.2, 0) is 52.7 Å². The lowest BCUT2D eigenvalue weighted by atomic mass is 10.0. The van der Waals surface area contributed by atoms with E-state index in [1.54, 1.807) is 0 Å². The summed E-state index contributed by atoms with van der Waals surface area (Å²) in [7, 11) is 0. The van der Waals surface area contributed by atoms with Crippen LogP contribution in [0.1, 0.15) is 135 Å². The van der Waals surface area contributed by atoms with E-state index in [-0.39, 0.29) is 197 Å². The molecule has 10 amide bonds. The van der Waals surface area contributed by atoms with E-state index in [2.05, 4.69) is 77.8 Å². The van der Waals surface area contributed by atoms with Gasteiger partial charge < -0.3 is 145 Å². The van der Waals surface area contributed by atoms with Crippen molar-refractivity contribution in [2.45, 2.75) is 189 Å². The number of carboxylic acid groups (broad SMARTS) is 1. The number of guanidine groups is 6. The number of carbonyl (C=O) groups is 11. The van der Waals surface area contributed by atoms with Gasteiger partial charge in [-0.2, -0.15) is 0 Å². The highest BCUT2D eigenvalue weighted by molar-refractivity contribution is 5.99. The molecule has 0 aromatic heterocycles. The first-order valence-electron chi connectivity index (χ1n) is 32.5. The minimum Gasteiger partial charge on any atom is -0.480 e. The van der Waals surface area contributed by atoms with Gasteiger partial charge in [0, 0.05) is 58.7 Å². The molecule has 0 spiro atoms. The second-order valence-corrected chi connectivity index (χ2v) is 22.8. The number of primary amides is 1. The molecule has 0 radical (unpaired) electrons. The quantitative estimate of drug-likeness (QED) is 0.0153. The van der Waals surface area contributed by atoms with Gasteiger partial charge in [0.2, 0.25) is 59.1 Å². The summed E-state index contributed by atoms with van der Waals surface area (Å²) in [6.07, 6.45) is -0.258. The lowest BCUT2D eigenvalue weighted by Crippen LogP contribution is -2.60. The molecule has 0 aliphatic heterocycles. The third kappa shape index (κ3) is 43.5. The second kappa shape index (κ2) is 51.9. The summed E-state index contributed by atoms with van der Waals surface area (Å²) in [5.74, 6) is -12.0. The Bertz CT molecular complexity index is 2730. The van der Waals surface area contributed by atoms with Crippen molar-refractivity contribution in [3.63, 3.8) is 0 Å². The minimum atomic E-state index is -1.71. The molecular formula is C56H111N31O12. The molecule has 43 heteroatoms. The van der Waals surface area contributed by atoms with Crippen molar-refractivity contribution in [3.05, 3.63) is 0 Å². The average molecular weight is 1410 g/mol. The summed E-state index contributed by atoms with van der Waals surface area (Å²) in [6, 6.07) is -13.2. The summed E-state index contributed by atoms with van der Waals surface area (Å²) in [6.45, 7) is 0.267. The lowest BCUT2D eigenvalue weighted by Gasteiger charge is -2.28. The Morgan fingerprint density at radius 2 is 0.455 bits per heavy atom. The lowest BCUT2D eigenvalue weighted by molar-refractivity contribution is -0.142. The molecule has 0 saturated carbocycles. The monoisotopic (exact) mass is 1410 g/mol. The van der Waals surface area contributed by atoms with E-state index in [0.29, 0.717) is 19.3 Å². The Labute approximate surface area is 574 Å². The van der Waals surface area contributed by atoms with E-state index in [1.807, 2.05) is 0 Å². The van der Waals surface area contributed by atoms with Crippen molar-refractivity contribution >= 4 is 101 Å². The van der Waals surface area contributed by atoms with Crippen molar-refractivity contribution in [1.29, 1.82) is 0 Å². The van der Waals surface area contributed by atoms with Gasteiger partial charge in [0.05, 0.1) is 0 Å². The Morgan fingerprint density at radius 3 is 0.657 bits per heavy atom. The molecule has 0 fully saturated rings. The van der Waals surface area contributed by atoms with Gasteiger partial charge in [-0.15, -0.1) is 0 Å². The molecule has 562 valence electrons. The highest BCUT2D eigenvalue weighted by atomic mass is 16.4. The number of aliphatic carboxylic acids is 1. The number of nitrogens with two attached hydrogens (primary N) is 16. The van der Waals surface area contributed by atoms with Gasteiger partial charge in [0.15, 0.2) is 35.8 Å². The van der Waals surface area contributed by atoms with Crippen LogP contribution in [0.2, 0.25) is 0 Å². The van der Waals surface area contributed by atoms with E-state index in [1.165, 1.54) is 0 Å². The Kier molecular flexibility index (Phi) is 46.5.